The van der Waals surface area contributed by atoms with E-state index in [9.17, 15) is 14.0 Å². The predicted octanol–water partition coefficient (Wildman–Crippen LogP) is 2.97. The molecule has 0 bridgehead atoms. The van der Waals surface area contributed by atoms with Crippen molar-refractivity contribution in [1.29, 1.82) is 0 Å². The second kappa shape index (κ2) is 8.36. The van der Waals surface area contributed by atoms with E-state index in [2.05, 4.69) is 15.2 Å². The number of nitrogens with one attached hydrogen (secondary N) is 1. The summed E-state index contributed by atoms with van der Waals surface area (Å²) in [5, 5.41) is 2.86. The molecule has 1 aromatic heterocycles. The number of hydrogen-bond donors (Lipinski definition) is 2. The van der Waals surface area contributed by atoms with E-state index in [0.717, 1.165) is 31.6 Å². The van der Waals surface area contributed by atoms with Crippen molar-refractivity contribution in [3.05, 3.63) is 72.6 Å². The quantitative estimate of drug-likeness (QED) is 0.680. The third kappa shape index (κ3) is 4.17. The lowest BCUT2D eigenvalue weighted by Gasteiger charge is -2.32. The van der Waals surface area contributed by atoms with Gasteiger partial charge in [-0.25, -0.2) is 9.37 Å². The molecule has 4 rings (SSSR count). The number of amides is 2. The van der Waals surface area contributed by atoms with E-state index in [0.29, 0.717) is 17.1 Å². The molecule has 1 fully saturated rings. The average molecular weight is 407 g/mol. The van der Waals surface area contributed by atoms with E-state index in [-0.39, 0.29) is 23.5 Å². The molecule has 0 saturated carbocycles. The Labute approximate surface area is 173 Å². The predicted molar refractivity (Wildman–Crippen MR) is 112 cm³/mol. The Morgan fingerprint density at radius 1 is 1.00 bits per heavy atom. The van der Waals surface area contributed by atoms with Crippen LogP contribution in [-0.2, 0) is 4.79 Å². The fourth-order valence-corrected chi connectivity index (χ4v) is 3.64. The first kappa shape index (κ1) is 19.6. The minimum absolute atomic E-state index is 0.0502. The normalized spacial score (nSPS) is 14.5. The third-order valence-corrected chi connectivity index (χ3v) is 5.36. The first-order valence-electron chi connectivity index (χ1n) is 9.75. The van der Waals surface area contributed by atoms with Crippen molar-refractivity contribution in [2.24, 2.45) is 11.7 Å². The maximum absolute atomic E-state index is 13.2. The Balaban J connectivity index is 1.42. The lowest BCUT2D eigenvalue weighted by atomic mass is 9.96. The summed E-state index contributed by atoms with van der Waals surface area (Å²) in [7, 11) is 0. The summed E-state index contributed by atoms with van der Waals surface area (Å²) < 4.78 is 14.8. The second-order valence-electron chi connectivity index (χ2n) is 7.29. The number of carbonyl (C=O) groups excluding carboxylic acids is 2. The highest BCUT2D eigenvalue weighted by molar-refractivity contribution is 6.03. The summed E-state index contributed by atoms with van der Waals surface area (Å²) in [4.78, 5) is 30.3. The molecule has 2 heterocycles. The van der Waals surface area contributed by atoms with Gasteiger partial charge in [0.15, 0.2) is 0 Å². The van der Waals surface area contributed by atoms with Crippen LogP contribution < -0.4 is 16.0 Å². The Kier molecular flexibility index (Phi) is 5.47. The molecule has 2 amide bonds. The van der Waals surface area contributed by atoms with Crippen LogP contribution in [0.25, 0.3) is 5.69 Å². The molecule has 1 saturated heterocycles. The van der Waals surface area contributed by atoms with Gasteiger partial charge >= 0.3 is 0 Å². The molecule has 0 atom stereocenters. The number of carbonyl (C=O) groups is 2. The van der Waals surface area contributed by atoms with E-state index in [1.54, 1.807) is 16.7 Å². The molecular weight excluding hydrogens is 385 g/mol. The van der Waals surface area contributed by atoms with E-state index < -0.39 is 0 Å². The maximum Gasteiger partial charge on any atom is 0.274 e. The van der Waals surface area contributed by atoms with Crippen molar-refractivity contribution < 1.29 is 14.0 Å². The Bertz CT molecular complexity index is 1040. The van der Waals surface area contributed by atoms with Crippen LogP contribution in [0.2, 0.25) is 0 Å². The van der Waals surface area contributed by atoms with Gasteiger partial charge in [0.25, 0.3) is 5.91 Å². The lowest BCUT2D eigenvalue weighted by molar-refractivity contribution is -0.122. The van der Waals surface area contributed by atoms with Crippen LogP contribution in [0.1, 0.15) is 23.3 Å². The minimum Gasteiger partial charge on any atom is -0.371 e. The molecule has 2 aromatic carbocycles. The summed E-state index contributed by atoms with van der Waals surface area (Å²) in [5.74, 6) is -0.936. The number of aromatic nitrogens is 2. The highest BCUT2D eigenvalue weighted by Gasteiger charge is 2.23. The van der Waals surface area contributed by atoms with Gasteiger partial charge in [-0.05, 0) is 61.4 Å². The smallest absolute Gasteiger partial charge is 0.274 e. The molecular formula is C22H22FN5O2. The Morgan fingerprint density at radius 3 is 2.27 bits per heavy atom. The van der Waals surface area contributed by atoms with E-state index >= 15 is 0 Å². The van der Waals surface area contributed by atoms with Crippen LogP contribution >= 0.6 is 0 Å². The van der Waals surface area contributed by atoms with E-state index in [1.165, 1.54) is 24.7 Å². The van der Waals surface area contributed by atoms with Crippen LogP contribution in [0, 0.1) is 11.7 Å². The number of anilines is 2. The van der Waals surface area contributed by atoms with Gasteiger partial charge in [0.1, 0.15) is 11.5 Å². The van der Waals surface area contributed by atoms with Crippen molar-refractivity contribution in [3.8, 4) is 5.69 Å². The van der Waals surface area contributed by atoms with Crippen molar-refractivity contribution in [1.82, 2.24) is 9.55 Å². The Morgan fingerprint density at radius 2 is 1.63 bits per heavy atom. The summed E-state index contributed by atoms with van der Waals surface area (Å²) in [6.45, 7) is 1.55. The molecule has 1 aliphatic heterocycles. The molecule has 3 aromatic rings. The van der Waals surface area contributed by atoms with Crippen LogP contribution in [0.5, 0.6) is 0 Å². The van der Waals surface area contributed by atoms with E-state index in [1.807, 2.05) is 24.3 Å². The molecule has 0 unspecified atom stereocenters. The number of primary amides is 1. The number of benzene rings is 2. The van der Waals surface area contributed by atoms with Crippen LogP contribution in [0.3, 0.4) is 0 Å². The number of hydrogen-bond acceptors (Lipinski definition) is 4. The first-order chi connectivity index (χ1) is 14.5. The fraction of sp³-hybridized carbons (Fsp3) is 0.227. The molecule has 8 heteroatoms. The Hall–Kier alpha value is -3.68. The molecule has 0 aliphatic carbocycles. The van der Waals surface area contributed by atoms with Crippen molar-refractivity contribution >= 4 is 23.2 Å². The van der Waals surface area contributed by atoms with Gasteiger partial charge in [-0.2, -0.15) is 0 Å². The summed E-state index contributed by atoms with van der Waals surface area (Å²) >= 11 is 0. The topological polar surface area (TPSA) is 93.2 Å². The van der Waals surface area contributed by atoms with Gasteiger partial charge in [0, 0.05) is 36.1 Å². The SMILES string of the molecule is NC(=O)C1CCN(c2ccc(NC(=O)c3cncn3-c3ccc(F)cc3)cc2)CC1. The fourth-order valence-electron chi connectivity index (χ4n) is 3.64. The number of rotatable bonds is 5. The van der Waals surface area contributed by atoms with Gasteiger partial charge in [-0.1, -0.05) is 0 Å². The molecule has 7 nitrogen and oxygen atoms in total. The molecule has 3 N–H and O–H groups in total. The van der Waals surface area contributed by atoms with Crippen LogP contribution in [-0.4, -0.2) is 34.5 Å². The number of imidazole rings is 1. The standard InChI is InChI=1S/C22H22FN5O2/c23-16-1-5-19(6-2-16)28-14-25-13-20(28)22(30)26-17-3-7-18(8-4-17)27-11-9-15(10-12-27)21(24)29/h1-8,13-15H,9-12H2,(H2,24,29)(H,26,30). The van der Waals surface area contributed by atoms with Crippen molar-refractivity contribution in [2.75, 3.05) is 23.3 Å². The van der Waals surface area contributed by atoms with Crippen LogP contribution in [0.4, 0.5) is 15.8 Å². The van der Waals surface area contributed by atoms with E-state index in [4.69, 9.17) is 5.73 Å². The summed E-state index contributed by atoms with van der Waals surface area (Å²) in [6.07, 6.45) is 4.49. The molecule has 1 aliphatic rings. The second-order valence-corrected chi connectivity index (χ2v) is 7.29. The highest BCUT2D eigenvalue weighted by Crippen LogP contribution is 2.25. The highest BCUT2D eigenvalue weighted by atomic mass is 19.1. The first-order valence-corrected chi connectivity index (χ1v) is 9.75. The maximum atomic E-state index is 13.2. The molecule has 30 heavy (non-hydrogen) atoms. The molecule has 0 spiro atoms. The van der Waals surface area contributed by atoms with Gasteiger partial charge < -0.3 is 16.0 Å². The summed E-state index contributed by atoms with van der Waals surface area (Å²) in [5.41, 5.74) is 8.07. The number of nitrogens with zero attached hydrogens (tertiary/aromatic N) is 3. The van der Waals surface area contributed by atoms with Gasteiger partial charge in [0.2, 0.25) is 5.91 Å². The monoisotopic (exact) mass is 407 g/mol. The average Bonchev–Trinajstić information content (AvgIpc) is 3.25. The largest absolute Gasteiger partial charge is 0.371 e. The van der Waals surface area contributed by atoms with Gasteiger partial charge in [-0.3, -0.25) is 14.2 Å². The van der Waals surface area contributed by atoms with Crippen molar-refractivity contribution in [2.45, 2.75) is 12.8 Å². The number of nitrogens with two attached hydrogens (primary N) is 1. The zero-order chi connectivity index (χ0) is 21.1. The summed E-state index contributed by atoms with van der Waals surface area (Å²) in [6, 6.07) is 13.4. The third-order valence-electron chi connectivity index (χ3n) is 5.36. The van der Waals surface area contributed by atoms with Gasteiger partial charge in [0.05, 0.1) is 12.5 Å². The number of piperidine rings is 1. The molecule has 154 valence electrons. The lowest BCUT2D eigenvalue weighted by Crippen LogP contribution is -2.38. The van der Waals surface area contributed by atoms with Crippen molar-refractivity contribution in [3.63, 3.8) is 0 Å². The van der Waals surface area contributed by atoms with Gasteiger partial charge in [-0.15, -0.1) is 0 Å². The molecule has 0 radical (unpaired) electrons. The zero-order valence-corrected chi connectivity index (χ0v) is 16.3. The zero-order valence-electron chi connectivity index (χ0n) is 16.3. The van der Waals surface area contributed by atoms with Crippen LogP contribution in [0.15, 0.2) is 61.1 Å². The number of halogens is 1. The minimum atomic E-state index is -0.344.